The lowest BCUT2D eigenvalue weighted by Crippen LogP contribution is -2.45. The zero-order chi connectivity index (χ0) is 30.5. The van der Waals surface area contributed by atoms with Crippen LogP contribution in [-0.2, 0) is 27.5 Å². The van der Waals surface area contributed by atoms with E-state index in [1.165, 1.54) is 4.57 Å². The summed E-state index contributed by atoms with van der Waals surface area (Å²) in [4.78, 5) is 56.4. The number of ether oxygens (including phenoxy) is 1. The molecule has 1 fully saturated rings. The Morgan fingerprint density at radius 2 is 1.74 bits per heavy atom. The summed E-state index contributed by atoms with van der Waals surface area (Å²) in [6, 6.07) is 13.6. The van der Waals surface area contributed by atoms with E-state index in [2.05, 4.69) is 25.5 Å². The third-order valence-corrected chi connectivity index (χ3v) is 6.50. The minimum absolute atomic E-state index is 0.00214. The van der Waals surface area contributed by atoms with Crippen LogP contribution in [0, 0.1) is 12.8 Å². The van der Waals surface area contributed by atoms with Crippen molar-refractivity contribution < 1.29 is 29.3 Å². The van der Waals surface area contributed by atoms with Crippen LogP contribution in [0.15, 0.2) is 65.7 Å². The summed E-state index contributed by atoms with van der Waals surface area (Å²) >= 11 is 0. The molecule has 0 aliphatic carbocycles. The Labute approximate surface area is 243 Å². The SMILES string of the molecule is CC(=O)O.Cc1cn(C[C@H](NC(=O)OCc2ccccc2)C(=O)O)c(=O)nc1NCC1CCN(c2ccccn2)CC1. The van der Waals surface area contributed by atoms with Crippen LogP contribution in [-0.4, -0.2) is 68.5 Å². The van der Waals surface area contributed by atoms with Gasteiger partial charge in [0.25, 0.3) is 5.97 Å². The first-order valence-electron chi connectivity index (χ1n) is 13.5. The van der Waals surface area contributed by atoms with Crippen LogP contribution in [0.5, 0.6) is 0 Å². The Morgan fingerprint density at radius 3 is 2.36 bits per heavy atom. The number of carboxylic acids is 2. The summed E-state index contributed by atoms with van der Waals surface area (Å²) in [6.07, 6.45) is 4.45. The fraction of sp³-hybridized carbons (Fsp3) is 0.379. The highest BCUT2D eigenvalue weighted by molar-refractivity contribution is 5.79. The molecule has 224 valence electrons. The molecule has 1 atom stereocenters. The van der Waals surface area contributed by atoms with E-state index < -0.39 is 29.8 Å². The standard InChI is InChI=1S/C27H32N6O5.C2H4O2/c1-19-16-33(17-22(25(34)35)30-27(37)38-18-21-7-3-2-4-8-21)26(36)31-24(19)29-15-20-10-13-32(14-11-20)23-9-5-6-12-28-23;1-2(3)4/h2-9,12,16,20,22H,10-11,13-15,17-18H2,1H3,(H,30,37)(H,34,35)(H,29,31,36);1H3,(H,3,4)/t22-;/m0./s1. The quantitative estimate of drug-likeness (QED) is 0.277. The molecule has 0 saturated carbocycles. The summed E-state index contributed by atoms with van der Waals surface area (Å²) in [5.41, 5.74) is 0.868. The Bertz CT molecular complexity index is 1370. The number of aryl methyl sites for hydroxylation is 1. The number of aromatic nitrogens is 3. The highest BCUT2D eigenvalue weighted by Gasteiger charge is 2.23. The van der Waals surface area contributed by atoms with Crippen molar-refractivity contribution in [1.82, 2.24) is 19.9 Å². The average molecular weight is 581 g/mol. The summed E-state index contributed by atoms with van der Waals surface area (Å²) in [5, 5.41) is 22.6. The molecule has 0 bridgehead atoms. The molecule has 13 nitrogen and oxygen atoms in total. The molecule has 1 saturated heterocycles. The van der Waals surface area contributed by atoms with E-state index >= 15 is 0 Å². The normalized spacial score (nSPS) is 13.7. The molecule has 3 heterocycles. The van der Waals surface area contributed by atoms with Gasteiger partial charge in [0.2, 0.25) is 0 Å². The molecule has 3 aromatic rings. The monoisotopic (exact) mass is 580 g/mol. The average Bonchev–Trinajstić information content (AvgIpc) is 2.97. The lowest BCUT2D eigenvalue weighted by Gasteiger charge is -2.33. The fourth-order valence-electron chi connectivity index (χ4n) is 4.35. The Balaban J connectivity index is 0.00000114. The van der Waals surface area contributed by atoms with Crippen molar-refractivity contribution in [3.8, 4) is 0 Å². The second-order valence-corrected chi connectivity index (χ2v) is 9.82. The number of carbonyl (C=O) groups excluding carboxylic acids is 1. The number of anilines is 2. The predicted octanol–water partition coefficient (Wildman–Crippen LogP) is 2.75. The molecule has 0 unspecified atom stereocenters. The van der Waals surface area contributed by atoms with Crippen molar-refractivity contribution in [3.05, 3.63) is 82.5 Å². The Morgan fingerprint density at radius 1 is 1.07 bits per heavy atom. The summed E-state index contributed by atoms with van der Waals surface area (Å²) in [6.45, 7) is 5.10. The molecule has 1 amide bonds. The van der Waals surface area contributed by atoms with Crippen LogP contribution in [0.4, 0.5) is 16.4 Å². The second kappa shape index (κ2) is 15.7. The molecule has 2 aromatic heterocycles. The number of pyridine rings is 1. The van der Waals surface area contributed by atoms with Gasteiger partial charge < -0.3 is 30.5 Å². The summed E-state index contributed by atoms with van der Waals surface area (Å²) in [5.74, 6) is -0.231. The molecule has 4 N–H and O–H groups in total. The highest BCUT2D eigenvalue weighted by Crippen LogP contribution is 2.22. The number of amides is 1. The lowest BCUT2D eigenvalue weighted by atomic mass is 9.96. The highest BCUT2D eigenvalue weighted by atomic mass is 16.5. The first-order valence-corrected chi connectivity index (χ1v) is 13.5. The van der Waals surface area contributed by atoms with Gasteiger partial charge in [-0.1, -0.05) is 36.4 Å². The van der Waals surface area contributed by atoms with Gasteiger partial charge in [-0.2, -0.15) is 4.98 Å². The van der Waals surface area contributed by atoms with Crippen LogP contribution in [0.3, 0.4) is 0 Å². The van der Waals surface area contributed by atoms with Gasteiger partial charge in [0, 0.05) is 44.5 Å². The van der Waals surface area contributed by atoms with Crippen molar-refractivity contribution in [2.45, 2.75) is 45.9 Å². The lowest BCUT2D eigenvalue weighted by molar-refractivity contribution is -0.139. The molecule has 0 spiro atoms. The number of nitrogens with one attached hydrogen (secondary N) is 2. The minimum Gasteiger partial charge on any atom is -0.481 e. The van der Waals surface area contributed by atoms with Crippen LogP contribution in [0.2, 0.25) is 0 Å². The van der Waals surface area contributed by atoms with Crippen molar-refractivity contribution in [1.29, 1.82) is 0 Å². The number of piperidine rings is 1. The zero-order valence-electron chi connectivity index (χ0n) is 23.6. The number of aliphatic carboxylic acids is 2. The molecule has 1 aliphatic rings. The molecule has 42 heavy (non-hydrogen) atoms. The summed E-state index contributed by atoms with van der Waals surface area (Å²) < 4.78 is 6.29. The molecular weight excluding hydrogens is 544 g/mol. The smallest absolute Gasteiger partial charge is 0.408 e. The van der Waals surface area contributed by atoms with E-state index in [9.17, 15) is 19.5 Å². The van der Waals surface area contributed by atoms with Gasteiger partial charge in [-0.15, -0.1) is 0 Å². The number of hydrogen-bond acceptors (Lipinski definition) is 9. The number of carboxylic acid groups (broad SMARTS) is 2. The van der Waals surface area contributed by atoms with Gasteiger partial charge >= 0.3 is 17.8 Å². The van der Waals surface area contributed by atoms with E-state index in [0.29, 0.717) is 23.8 Å². The maximum Gasteiger partial charge on any atom is 0.408 e. The van der Waals surface area contributed by atoms with E-state index in [1.807, 2.05) is 36.4 Å². The van der Waals surface area contributed by atoms with E-state index in [1.54, 1.807) is 31.5 Å². The van der Waals surface area contributed by atoms with Gasteiger partial charge in [0.05, 0.1) is 6.54 Å². The Kier molecular flexibility index (Phi) is 11.8. The number of carbonyl (C=O) groups is 3. The molecule has 0 radical (unpaired) electrons. The van der Waals surface area contributed by atoms with Crippen LogP contribution in [0.1, 0.15) is 30.9 Å². The van der Waals surface area contributed by atoms with Crippen molar-refractivity contribution in [2.75, 3.05) is 29.9 Å². The van der Waals surface area contributed by atoms with Gasteiger partial charge in [0.15, 0.2) is 0 Å². The van der Waals surface area contributed by atoms with Crippen molar-refractivity contribution in [2.24, 2.45) is 5.92 Å². The maximum atomic E-state index is 12.7. The number of hydrogen-bond donors (Lipinski definition) is 4. The van der Waals surface area contributed by atoms with Crippen molar-refractivity contribution >= 4 is 29.7 Å². The van der Waals surface area contributed by atoms with Crippen molar-refractivity contribution in [3.63, 3.8) is 0 Å². The largest absolute Gasteiger partial charge is 0.481 e. The molecule has 4 rings (SSSR count). The van der Waals surface area contributed by atoms with Gasteiger partial charge in [0.1, 0.15) is 24.3 Å². The molecular formula is C29H36N6O7. The third-order valence-electron chi connectivity index (χ3n) is 6.50. The number of nitrogens with zero attached hydrogens (tertiary/aromatic N) is 4. The molecule has 1 aromatic carbocycles. The third kappa shape index (κ3) is 10.2. The fourth-order valence-corrected chi connectivity index (χ4v) is 4.35. The first-order chi connectivity index (χ1) is 20.1. The molecule has 13 heteroatoms. The Hall–Kier alpha value is -4.94. The number of benzene rings is 1. The maximum absolute atomic E-state index is 12.7. The zero-order valence-corrected chi connectivity index (χ0v) is 23.6. The van der Waals surface area contributed by atoms with Gasteiger partial charge in [-0.05, 0) is 43.4 Å². The van der Waals surface area contributed by atoms with Crippen LogP contribution >= 0.6 is 0 Å². The number of alkyl carbamates (subject to hydrolysis) is 1. The van der Waals surface area contributed by atoms with Gasteiger partial charge in [-0.3, -0.25) is 9.36 Å². The van der Waals surface area contributed by atoms with Crippen LogP contribution in [0.25, 0.3) is 0 Å². The topological polar surface area (TPSA) is 176 Å². The number of rotatable bonds is 10. The van der Waals surface area contributed by atoms with Crippen LogP contribution < -0.4 is 21.2 Å². The first kappa shape index (κ1) is 31.6. The van der Waals surface area contributed by atoms with E-state index in [-0.39, 0.29) is 13.2 Å². The second-order valence-electron chi connectivity index (χ2n) is 9.82. The van der Waals surface area contributed by atoms with Gasteiger partial charge in [-0.25, -0.2) is 19.4 Å². The van der Waals surface area contributed by atoms with E-state index in [4.69, 9.17) is 14.6 Å². The summed E-state index contributed by atoms with van der Waals surface area (Å²) in [7, 11) is 0. The predicted molar refractivity (Wildman–Crippen MR) is 155 cm³/mol. The minimum atomic E-state index is -1.36. The molecule has 1 aliphatic heterocycles. The van der Waals surface area contributed by atoms with E-state index in [0.717, 1.165) is 44.2 Å².